The lowest BCUT2D eigenvalue weighted by molar-refractivity contribution is -0.149. The van der Waals surface area contributed by atoms with E-state index in [1.807, 2.05) is 6.92 Å². The second-order valence-electron chi connectivity index (χ2n) is 6.64. The van der Waals surface area contributed by atoms with Crippen LogP contribution in [0, 0.1) is 11.3 Å². The molecule has 0 radical (unpaired) electrons. The average molecular weight is 347 g/mol. The molecule has 25 heavy (non-hydrogen) atoms. The van der Waals surface area contributed by atoms with Crippen molar-refractivity contribution in [2.45, 2.75) is 19.8 Å². The van der Waals surface area contributed by atoms with Gasteiger partial charge in [-0.1, -0.05) is 18.2 Å². The maximum Gasteiger partial charge on any atom is 0.314 e. The molecule has 0 aliphatic carbocycles. The highest BCUT2D eigenvalue weighted by Crippen LogP contribution is 2.44. The first-order valence-electron chi connectivity index (χ1n) is 8.31. The van der Waals surface area contributed by atoms with E-state index in [1.54, 1.807) is 12.1 Å². The Labute approximate surface area is 145 Å². The predicted molar refractivity (Wildman–Crippen MR) is 86.7 cm³/mol. The fraction of sp³-hybridized carbons (Fsp3) is 0.529. The molecular formula is C17H21N3O5. The number of hydrogen-bond donors (Lipinski definition) is 1. The van der Waals surface area contributed by atoms with Gasteiger partial charge in [-0.2, -0.15) is 0 Å². The smallest absolute Gasteiger partial charge is 0.314 e. The molecule has 8 nitrogen and oxygen atoms in total. The van der Waals surface area contributed by atoms with Crippen LogP contribution in [0.1, 0.15) is 29.6 Å². The third-order valence-electron chi connectivity index (χ3n) is 4.96. The van der Waals surface area contributed by atoms with Crippen molar-refractivity contribution in [2.24, 2.45) is 11.3 Å². The molecule has 2 amide bonds. The molecule has 2 saturated heterocycles. The van der Waals surface area contributed by atoms with Gasteiger partial charge in [-0.05, 0) is 6.42 Å². The minimum atomic E-state index is -1.27. The highest BCUT2D eigenvalue weighted by Gasteiger charge is 2.62. The van der Waals surface area contributed by atoms with Gasteiger partial charge in [-0.3, -0.25) is 14.4 Å². The Morgan fingerprint density at radius 3 is 2.88 bits per heavy atom. The second kappa shape index (κ2) is 6.34. The number of fused-ring (bicyclic) bond motifs is 1. The summed E-state index contributed by atoms with van der Waals surface area (Å²) in [7, 11) is 0. The van der Waals surface area contributed by atoms with Crippen molar-refractivity contribution < 1.29 is 24.0 Å². The molecule has 3 heterocycles. The van der Waals surface area contributed by atoms with Crippen LogP contribution in [0.25, 0.3) is 0 Å². The van der Waals surface area contributed by atoms with Crippen LogP contribution in [-0.2, 0) is 16.0 Å². The van der Waals surface area contributed by atoms with Gasteiger partial charge in [0.2, 0.25) is 5.91 Å². The Morgan fingerprint density at radius 1 is 1.52 bits per heavy atom. The second-order valence-corrected chi connectivity index (χ2v) is 6.64. The average Bonchev–Trinajstić information content (AvgIpc) is 3.24. The third-order valence-corrected chi connectivity index (χ3v) is 4.96. The first kappa shape index (κ1) is 17.2. The maximum absolute atomic E-state index is 12.6. The molecule has 1 N–H and O–H groups in total. The number of hydrogen-bond acceptors (Lipinski definition) is 5. The van der Waals surface area contributed by atoms with Crippen LogP contribution in [0.2, 0.25) is 0 Å². The van der Waals surface area contributed by atoms with Gasteiger partial charge < -0.3 is 19.4 Å². The van der Waals surface area contributed by atoms with Crippen LogP contribution < -0.4 is 0 Å². The van der Waals surface area contributed by atoms with Crippen LogP contribution in [0.15, 0.2) is 23.2 Å². The van der Waals surface area contributed by atoms with Crippen LogP contribution >= 0.6 is 0 Å². The lowest BCUT2D eigenvalue weighted by atomic mass is 9.81. The summed E-state index contributed by atoms with van der Waals surface area (Å²) in [5.41, 5.74) is -1.12. The summed E-state index contributed by atoms with van der Waals surface area (Å²) in [6.07, 6.45) is 3.11. The van der Waals surface area contributed by atoms with E-state index in [1.165, 1.54) is 9.80 Å². The lowest BCUT2D eigenvalue weighted by Crippen LogP contribution is -2.42. The van der Waals surface area contributed by atoms with Crippen LogP contribution in [0.4, 0.5) is 0 Å². The molecule has 0 aromatic carbocycles. The monoisotopic (exact) mass is 347 g/mol. The maximum atomic E-state index is 12.6. The van der Waals surface area contributed by atoms with Crippen molar-refractivity contribution in [3.63, 3.8) is 0 Å². The van der Waals surface area contributed by atoms with Gasteiger partial charge in [0, 0.05) is 38.7 Å². The summed E-state index contributed by atoms with van der Waals surface area (Å²) in [5.74, 6) is -1.82. The van der Waals surface area contributed by atoms with Crippen molar-refractivity contribution in [1.82, 2.24) is 15.0 Å². The number of aliphatic carboxylic acids is 1. The van der Waals surface area contributed by atoms with Crippen molar-refractivity contribution in [3.05, 3.63) is 30.2 Å². The number of carbonyl (C=O) groups is 3. The molecular weight excluding hydrogens is 326 g/mol. The van der Waals surface area contributed by atoms with Gasteiger partial charge in [0.1, 0.15) is 11.2 Å². The number of amides is 2. The van der Waals surface area contributed by atoms with Crippen LogP contribution in [0.3, 0.4) is 0 Å². The zero-order valence-electron chi connectivity index (χ0n) is 14.1. The molecule has 2 fully saturated rings. The molecule has 8 heteroatoms. The quantitative estimate of drug-likeness (QED) is 0.763. The first-order valence-corrected chi connectivity index (χ1v) is 8.31. The Bertz CT molecular complexity index is 728. The zero-order chi connectivity index (χ0) is 18.2. The molecule has 1 aromatic heterocycles. The van der Waals surface area contributed by atoms with Gasteiger partial charge in [-0.15, -0.1) is 6.58 Å². The summed E-state index contributed by atoms with van der Waals surface area (Å²) < 4.78 is 5.12. The van der Waals surface area contributed by atoms with E-state index >= 15 is 0 Å². The minimum absolute atomic E-state index is 0.0127. The topological polar surface area (TPSA) is 104 Å². The largest absolute Gasteiger partial charge is 0.481 e. The summed E-state index contributed by atoms with van der Waals surface area (Å²) in [6, 6.07) is 1.58. The highest BCUT2D eigenvalue weighted by molar-refractivity contribution is 5.97. The van der Waals surface area contributed by atoms with E-state index in [0.717, 1.165) is 6.42 Å². The van der Waals surface area contributed by atoms with Crippen LogP contribution in [0.5, 0.6) is 0 Å². The molecule has 3 rings (SSSR count). The molecule has 2 aliphatic rings. The Hall–Kier alpha value is -2.64. The van der Waals surface area contributed by atoms with Gasteiger partial charge >= 0.3 is 5.97 Å². The number of nitrogens with zero attached hydrogens (tertiary/aromatic N) is 3. The number of carboxylic acid groups (broad SMARTS) is 1. The van der Waals surface area contributed by atoms with Crippen molar-refractivity contribution in [3.8, 4) is 0 Å². The SMILES string of the molecule is C=CCN1C[C@@]2(C(=O)O)CN(C(=O)c3cc(CCC)on3)C[C@H]2C1=O. The Balaban J connectivity index is 1.81. The van der Waals surface area contributed by atoms with Gasteiger partial charge in [-0.25, -0.2) is 0 Å². The Morgan fingerprint density at radius 2 is 2.28 bits per heavy atom. The van der Waals surface area contributed by atoms with Crippen LogP contribution in [-0.4, -0.2) is 64.0 Å². The van der Waals surface area contributed by atoms with Gasteiger partial charge in [0.25, 0.3) is 5.91 Å². The fourth-order valence-corrected chi connectivity index (χ4v) is 3.71. The number of aromatic nitrogens is 1. The van der Waals surface area contributed by atoms with Crippen molar-refractivity contribution in [1.29, 1.82) is 0 Å². The summed E-state index contributed by atoms with van der Waals surface area (Å²) in [5, 5.41) is 13.5. The molecule has 0 spiro atoms. The normalized spacial score (nSPS) is 25.3. The van der Waals surface area contributed by atoms with E-state index in [4.69, 9.17) is 4.52 Å². The van der Waals surface area contributed by atoms with E-state index in [-0.39, 0.29) is 31.2 Å². The summed E-state index contributed by atoms with van der Waals surface area (Å²) in [4.78, 5) is 40.0. The number of carboxylic acids is 1. The molecule has 0 unspecified atom stereocenters. The van der Waals surface area contributed by atoms with Gasteiger partial charge in [0.15, 0.2) is 5.69 Å². The minimum Gasteiger partial charge on any atom is -0.481 e. The highest BCUT2D eigenvalue weighted by atomic mass is 16.5. The lowest BCUT2D eigenvalue weighted by Gasteiger charge is -2.24. The van der Waals surface area contributed by atoms with Crippen molar-refractivity contribution >= 4 is 17.8 Å². The molecule has 134 valence electrons. The van der Waals surface area contributed by atoms with E-state index in [9.17, 15) is 19.5 Å². The first-order chi connectivity index (χ1) is 11.9. The molecule has 0 saturated carbocycles. The number of likely N-dealkylation sites (tertiary alicyclic amines) is 2. The number of carbonyl (C=O) groups excluding carboxylic acids is 2. The predicted octanol–water partition coefficient (Wildman–Crippen LogP) is 0.798. The van der Waals surface area contributed by atoms with Gasteiger partial charge in [0.05, 0.1) is 5.92 Å². The van der Waals surface area contributed by atoms with E-state index in [2.05, 4.69) is 11.7 Å². The summed E-state index contributed by atoms with van der Waals surface area (Å²) in [6.45, 7) is 6.04. The van der Waals surface area contributed by atoms with E-state index < -0.39 is 23.2 Å². The van der Waals surface area contributed by atoms with Crippen molar-refractivity contribution in [2.75, 3.05) is 26.2 Å². The number of rotatable bonds is 6. The standard InChI is InChI=1S/C17H21N3O5/c1-3-5-11-7-13(18-25-11)15(22)20-8-12-14(21)19(6-4-2)9-17(12,10-20)16(23)24/h4,7,12H,2-3,5-6,8-10H2,1H3,(H,23,24)/t12-,17+/m0/s1. The Kier molecular flexibility index (Phi) is 4.36. The molecule has 1 aromatic rings. The molecule has 2 atom stereocenters. The summed E-state index contributed by atoms with van der Waals surface area (Å²) >= 11 is 0. The molecule has 0 bridgehead atoms. The zero-order valence-corrected chi connectivity index (χ0v) is 14.1. The van der Waals surface area contributed by atoms with E-state index in [0.29, 0.717) is 18.7 Å². The third kappa shape index (κ3) is 2.71. The number of aryl methyl sites for hydroxylation is 1. The molecule has 2 aliphatic heterocycles. The fourth-order valence-electron chi connectivity index (χ4n) is 3.71.